The van der Waals surface area contributed by atoms with E-state index in [4.69, 9.17) is 0 Å². The molecule has 0 spiro atoms. The van der Waals surface area contributed by atoms with Crippen molar-refractivity contribution in [2.24, 2.45) is 0 Å². The van der Waals surface area contributed by atoms with Gasteiger partial charge in [-0.1, -0.05) is 37.3 Å². The largest absolute Gasteiger partial charge is 0.356 e. The number of aromatic nitrogens is 2. The molecule has 1 unspecified atom stereocenters. The quantitative estimate of drug-likeness (QED) is 0.930. The molecule has 20 heavy (non-hydrogen) atoms. The number of hydrogen-bond acceptors (Lipinski definition) is 3. The van der Waals surface area contributed by atoms with E-state index < -0.39 is 0 Å². The number of nitrogens with one attached hydrogen (secondary N) is 1. The van der Waals surface area contributed by atoms with Crippen molar-refractivity contribution in [3.05, 3.63) is 58.1 Å². The molecule has 4 heteroatoms. The van der Waals surface area contributed by atoms with Crippen molar-refractivity contribution in [3.8, 4) is 0 Å². The molecule has 0 saturated carbocycles. The predicted molar refractivity (Wildman–Crippen MR) is 80.2 cm³/mol. The van der Waals surface area contributed by atoms with Gasteiger partial charge in [-0.05, 0) is 12.0 Å². The third-order valence-electron chi connectivity index (χ3n) is 3.90. The maximum atomic E-state index is 11.7. The number of aromatic amines is 1. The Kier molecular flexibility index (Phi) is 3.54. The van der Waals surface area contributed by atoms with E-state index in [0.29, 0.717) is 5.92 Å². The smallest absolute Gasteiger partial charge is 0.252 e. The van der Waals surface area contributed by atoms with Crippen LogP contribution in [0.4, 0.5) is 5.82 Å². The van der Waals surface area contributed by atoms with E-state index in [0.717, 1.165) is 37.6 Å². The second-order valence-corrected chi connectivity index (χ2v) is 5.25. The van der Waals surface area contributed by atoms with Gasteiger partial charge >= 0.3 is 0 Å². The molecule has 2 aromatic rings. The van der Waals surface area contributed by atoms with Gasteiger partial charge in [0.15, 0.2) is 0 Å². The highest BCUT2D eigenvalue weighted by Crippen LogP contribution is 2.29. The Morgan fingerprint density at radius 1 is 1.35 bits per heavy atom. The number of aryl methyl sites for hydroxylation is 1. The monoisotopic (exact) mass is 269 g/mol. The first-order valence-electron chi connectivity index (χ1n) is 7.16. The van der Waals surface area contributed by atoms with Crippen LogP contribution in [0.15, 0.2) is 41.2 Å². The van der Waals surface area contributed by atoms with E-state index in [-0.39, 0.29) is 5.56 Å². The molecule has 0 radical (unpaired) electrons. The minimum atomic E-state index is -0.0602. The van der Waals surface area contributed by atoms with Gasteiger partial charge in [-0.15, -0.1) is 0 Å². The van der Waals surface area contributed by atoms with Gasteiger partial charge in [-0.25, -0.2) is 4.98 Å². The fourth-order valence-electron chi connectivity index (χ4n) is 2.79. The molecule has 2 heterocycles. The molecule has 0 amide bonds. The van der Waals surface area contributed by atoms with Crippen LogP contribution in [0.1, 0.15) is 30.7 Å². The van der Waals surface area contributed by atoms with Gasteiger partial charge in [0, 0.05) is 31.5 Å². The molecule has 0 aliphatic carbocycles. The van der Waals surface area contributed by atoms with Crippen LogP contribution in [0.25, 0.3) is 0 Å². The standard InChI is InChI=1S/C16H19N3O/c1-2-14-17-15(10-16(20)18-14)19-9-8-13(11-19)12-6-4-3-5-7-12/h3-7,10,13H,2,8-9,11H2,1H3,(H,17,18,20). The summed E-state index contributed by atoms with van der Waals surface area (Å²) in [4.78, 5) is 21.2. The lowest BCUT2D eigenvalue weighted by Gasteiger charge is -2.18. The van der Waals surface area contributed by atoms with E-state index in [2.05, 4.69) is 39.1 Å². The van der Waals surface area contributed by atoms with Crippen LogP contribution >= 0.6 is 0 Å². The van der Waals surface area contributed by atoms with Gasteiger partial charge in [0.25, 0.3) is 5.56 Å². The molecule has 4 nitrogen and oxygen atoms in total. The topological polar surface area (TPSA) is 49.0 Å². The molecule has 1 aliphatic rings. The number of anilines is 1. The van der Waals surface area contributed by atoms with Crippen molar-refractivity contribution in [1.82, 2.24) is 9.97 Å². The van der Waals surface area contributed by atoms with E-state index in [1.807, 2.05) is 13.0 Å². The fraction of sp³-hybridized carbons (Fsp3) is 0.375. The summed E-state index contributed by atoms with van der Waals surface area (Å²) < 4.78 is 0. The van der Waals surface area contributed by atoms with Gasteiger partial charge in [-0.3, -0.25) is 4.79 Å². The SMILES string of the molecule is CCc1nc(N2CCC(c3ccccc3)C2)cc(=O)[nH]1. The van der Waals surface area contributed by atoms with Crippen LogP contribution in [-0.2, 0) is 6.42 Å². The first-order chi connectivity index (χ1) is 9.76. The van der Waals surface area contributed by atoms with Crippen molar-refractivity contribution in [1.29, 1.82) is 0 Å². The summed E-state index contributed by atoms with van der Waals surface area (Å²) >= 11 is 0. The molecule has 1 fully saturated rings. The molecule has 1 atom stereocenters. The van der Waals surface area contributed by atoms with Crippen LogP contribution in [0.3, 0.4) is 0 Å². The second-order valence-electron chi connectivity index (χ2n) is 5.25. The Hall–Kier alpha value is -2.10. The highest BCUT2D eigenvalue weighted by atomic mass is 16.1. The Balaban J connectivity index is 1.80. The van der Waals surface area contributed by atoms with Gasteiger partial charge < -0.3 is 9.88 Å². The lowest BCUT2D eigenvalue weighted by molar-refractivity contribution is 0.773. The molecule has 3 rings (SSSR count). The fourth-order valence-corrected chi connectivity index (χ4v) is 2.79. The summed E-state index contributed by atoms with van der Waals surface area (Å²) in [7, 11) is 0. The summed E-state index contributed by atoms with van der Waals surface area (Å²) in [6, 6.07) is 12.2. The average molecular weight is 269 g/mol. The molecular formula is C16H19N3O. The number of rotatable bonds is 3. The molecule has 104 valence electrons. The minimum Gasteiger partial charge on any atom is -0.356 e. The maximum absolute atomic E-state index is 11.7. The first kappa shape index (κ1) is 12.9. The molecule has 1 saturated heterocycles. The maximum Gasteiger partial charge on any atom is 0.252 e. The molecule has 1 aromatic heterocycles. The lowest BCUT2D eigenvalue weighted by atomic mass is 9.99. The van der Waals surface area contributed by atoms with Crippen LogP contribution < -0.4 is 10.5 Å². The minimum absolute atomic E-state index is 0.0602. The number of hydrogen-bond donors (Lipinski definition) is 1. The third kappa shape index (κ3) is 2.59. The molecule has 1 aliphatic heterocycles. The molecule has 1 N–H and O–H groups in total. The summed E-state index contributed by atoms with van der Waals surface area (Å²) in [6.07, 6.45) is 1.86. The third-order valence-corrected chi connectivity index (χ3v) is 3.90. The summed E-state index contributed by atoms with van der Waals surface area (Å²) in [5.74, 6) is 2.10. The van der Waals surface area contributed by atoms with Crippen molar-refractivity contribution in [2.45, 2.75) is 25.7 Å². The van der Waals surface area contributed by atoms with Gasteiger partial charge in [0.1, 0.15) is 11.6 Å². The zero-order valence-corrected chi connectivity index (χ0v) is 11.7. The molecular weight excluding hydrogens is 250 g/mol. The number of benzene rings is 1. The van der Waals surface area contributed by atoms with Crippen molar-refractivity contribution >= 4 is 5.82 Å². The van der Waals surface area contributed by atoms with Gasteiger partial charge in [-0.2, -0.15) is 0 Å². The number of H-pyrrole nitrogens is 1. The van der Waals surface area contributed by atoms with Gasteiger partial charge in [0.2, 0.25) is 0 Å². The van der Waals surface area contributed by atoms with Crippen LogP contribution in [-0.4, -0.2) is 23.1 Å². The predicted octanol–water partition coefficient (Wildman–Crippen LogP) is 2.33. The second kappa shape index (κ2) is 5.49. The zero-order valence-electron chi connectivity index (χ0n) is 11.7. The van der Waals surface area contributed by atoms with Crippen molar-refractivity contribution in [2.75, 3.05) is 18.0 Å². The summed E-state index contributed by atoms with van der Waals surface area (Å²) in [5, 5.41) is 0. The van der Waals surface area contributed by atoms with Crippen LogP contribution in [0.2, 0.25) is 0 Å². The highest BCUT2D eigenvalue weighted by Gasteiger charge is 2.25. The first-order valence-corrected chi connectivity index (χ1v) is 7.16. The Labute approximate surface area is 118 Å². The lowest BCUT2D eigenvalue weighted by Crippen LogP contribution is -2.24. The zero-order chi connectivity index (χ0) is 13.9. The van der Waals surface area contributed by atoms with Crippen molar-refractivity contribution in [3.63, 3.8) is 0 Å². The molecule has 1 aromatic carbocycles. The van der Waals surface area contributed by atoms with Gasteiger partial charge in [0.05, 0.1) is 0 Å². The van der Waals surface area contributed by atoms with E-state index in [1.165, 1.54) is 5.56 Å². The van der Waals surface area contributed by atoms with E-state index >= 15 is 0 Å². The van der Waals surface area contributed by atoms with E-state index in [9.17, 15) is 4.79 Å². The highest BCUT2D eigenvalue weighted by molar-refractivity contribution is 5.41. The van der Waals surface area contributed by atoms with Crippen molar-refractivity contribution < 1.29 is 0 Å². The Morgan fingerprint density at radius 2 is 2.15 bits per heavy atom. The number of nitrogens with zero attached hydrogens (tertiary/aromatic N) is 2. The summed E-state index contributed by atoms with van der Waals surface area (Å²) in [5.41, 5.74) is 1.31. The summed E-state index contributed by atoms with van der Waals surface area (Å²) in [6.45, 7) is 3.89. The average Bonchev–Trinajstić information content (AvgIpc) is 2.97. The normalized spacial score (nSPS) is 18.4. The molecule has 0 bridgehead atoms. The van der Waals surface area contributed by atoms with E-state index in [1.54, 1.807) is 6.07 Å². The van der Waals surface area contributed by atoms with Crippen LogP contribution in [0.5, 0.6) is 0 Å². The van der Waals surface area contributed by atoms with Crippen LogP contribution in [0, 0.1) is 0 Å². The Bertz CT molecular complexity index is 636. The Morgan fingerprint density at radius 3 is 2.90 bits per heavy atom.